The number of hydrogen-bond donors (Lipinski definition) is 2. The topological polar surface area (TPSA) is 64.3 Å². The number of nitrogen functional groups attached to an aromatic ring is 1. The van der Waals surface area contributed by atoms with Crippen LogP contribution >= 0.6 is 11.6 Å². The third kappa shape index (κ3) is 3.61. The van der Waals surface area contributed by atoms with Crippen molar-refractivity contribution in [3.05, 3.63) is 53.3 Å². The summed E-state index contributed by atoms with van der Waals surface area (Å²) in [6.45, 7) is -0.255. The zero-order chi connectivity index (χ0) is 14.5. The SMILES string of the molecule is Nc1ccc(OCC(=O)Nc2c(F)cccc2Cl)cc1. The second kappa shape index (κ2) is 6.25. The molecule has 3 N–H and O–H groups in total. The Hall–Kier alpha value is -2.27. The Morgan fingerprint density at radius 1 is 1.25 bits per heavy atom. The summed E-state index contributed by atoms with van der Waals surface area (Å²) in [4.78, 5) is 11.7. The average Bonchev–Trinajstić information content (AvgIpc) is 2.42. The van der Waals surface area contributed by atoms with Crippen LogP contribution in [0.3, 0.4) is 0 Å². The molecule has 4 nitrogen and oxygen atoms in total. The van der Waals surface area contributed by atoms with Crippen LogP contribution in [0.2, 0.25) is 5.02 Å². The van der Waals surface area contributed by atoms with Gasteiger partial charge in [0.05, 0.1) is 10.7 Å². The Kier molecular flexibility index (Phi) is 4.42. The fourth-order valence-corrected chi connectivity index (χ4v) is 1.72. The summed E-state index contributed by atoms with van der Waals surface area (Å²) < 4.78 is 18.7. The van der Waals surface area contributed by atoms with Gasteiger partial charge in [-0.05, 0) is 36.4 Å². The van der Waals surface area contributed by atoms with Crippen molar-refractivity contribution in [2.24, 2.45) is 0 Å². The molecule has 0 unspecified atom stereocenters. The highest BCUT2D eigenvalue weighted by Gasteiger charge is 2.11. The van der Waals surface area contributed by atoms with Crippen molar-refractivity contribution in [2.75, 3.05) is 17.7 Å². The van der Waals surface area contributed by atoms with Crippen molar-refractivity contribution >= 4 is 28.9 Å². The molecule has 2 aromatic rings. The van der Waals surface area contributed by atoms with Gasteiger partial charge >= 0.3 is 0 Å². The van der Waals surface area contributed by atoms with Crippen LogP contribution in [-0.2, 0) is 4.79 Å². The number of nitrogens with one attached hydrogen (secondary N) is 1. The van der Waals surface area contributed by atoms with Gasteiger partial charge in [0, 0.05) is 5.69 Å². The first kappa shape index (κ1) is 14.1. The Morgan fingerprint density at radius 2 is 1.95 bits per heavy atom. The minimum Gasteiger partial charge on any atom is -0.484 e. The summed E-state index contributed by atoms with van der Waals surface area (Å²) in [6.07, 6.45) is 0. The zero-order valence-corrected chi connectivity index (χ0v) is 11.2. The van der Waals surface area contributed by atoms with E-state index in [1.54, 1.807) is 24.3 Å². The number of carbonyl (C=O) groups is 1. The van der Waals surface area contributed by atoms with Gasteiger partial charge in [-0.1, -0.05) is 17.7 Å². The molecule has 0 fully saturated rings. The van der Waals surface area contributed by atoms with Crippen LogP contribution in [0.5, 0.6) is 5.75 Å². The molecule has 104 valence electrons. The number of rotatable bonds is 4. The molecule has 0 atom stereocenters. The number of nitrogens with two attached hydrogens (primary N) is 1. The highest BCUT2D eigenvalue weighted by molar-refractivity contribution is 6.33. The van der Waals surface area contributed by atoms with E-state index < -0.39 is 11.7 Å². The maximum Gasteiger partial charge on any atom is 0.262 e. The van der Waals surface area contributed by atoms with E-state index in [1.165, 1.54) is 18.2 Å². The first-order valence-electron chi connectivity index (χ1n) is 5.78. The van der Waals surface area contributed by atoms with E-state index >= 15 is 0 Å². The molecule has 20 heavy (non-hydrogen) atoms. The molecule has 0 radical (unpaired) electrons. The Bertz CT molecular complexity index is 597. The van der Waals surface area contributed by atoms with Crippen molar-refractivity contribution in [1.82, 2.24) is 0 Å². The molecule has 0 saturated carbocycles. The summed E-state index contributed by atoms with van der Waals surface area (Å²) in [5.74, 6) is -0.610. The zero-order valence-electron chi connectivity index (χ0n) is 10.4. The summed E-state index contributed by atoms with van der Waals surface area (Å²) in [5, 5.41) is 2.49. The highest BCUT2D eigenvalue weighted by atomic mass is 35.5. The quantitative estimate of drug-likeness (QED) is 0.852. The minimum atomic E-state index is -0.599. The van der Waals surface area contributed by atoms with Crippen LogP contribution in [-0.4, -0.2) is 12.5 Å². The average molecular weight is 295 g/mol. The van der Waals surface area contributed by atoms with E-state index in [2.05, 4.69) is 5.32 Å². The molecule has 0 aromatic heterocycles. The predicted molar refractivity (Wildman–Crippen MR) is 76.4 cm³/mol. The van der Waals surface area contributed by atoms with Crippen LogP contribution in [0.4, 0.5) is 15.8 Å². The van der Waals surface area contributed by atoms with E-state index in [-0.39, 0.29) is 17.3 Å². The Balaban J connectivity index is 1.94. The van der Waals surface area contributed by atoms with E-state index in [4.69, 9.17) is 22.1 Å². The molecule has 0 spiro atoms. The van der Waals surface area contributed by atoms with Gasteiger partial charge in [-0.25, -0.2) is 4.39 Å². The number of carbonyl (C=O) groups excluding carboxylic acids is 1. The molecule has 0 heterocycles. The first-order valence-corrected chi connectivity index (χ1v) is 6.16. The summed E-state index contributed by atoms with van der Waals surface area (Å²) in [7, 11) is 0. The molecule has 0 aliphatic carbocycles. The maximum absolute atomic E-state index is 13.5. The number of benzene rings is 2. The molecular formula is C14H12ClFN2O2. The lowest BCUT2D eigenvalue weighted by molar-refractivity contribution is -0.118. The molecule has 0 aliphatic heterocycles. The van der Waals surface area contributed by atoms with Gasteiger partial charge in [0.2, 0.25) is 0 Å². The van der Waals surface area contributed by atoms with Crippen LogP contribution in [0.1, 0.15) is 0 Å². The standard InChI is InChI=1S/C14H12ClFN2O2/c15-11-2-1-3-12(16)14(11)18-13(19)8-20-10-6-4-9(17)5-7-10/h1-7H,8,17H2,(H,18,19). The lowest BCUT2D eigenvalue weighted by atomic mass is 10.3. The number of anilines is 2. The number of ether oxygens (including phenoxy) is 1. The number of halogens is 2. The van der Waals surface area contributed by atoms with Gasteiger partial charge in [0.25, 0.3) is 5.91 Å². The maximum atomic E-state index is 13.5. The van der Waals surface area contributed by atoms with E-state index in [0.717, 1.165) is 0 Å². The second-order valence-corrected chi connectivity index (χ2v) is 4.41. The molecule has 6 heteroatoms. The Labute approximate surface area is 120 Å². The molecule has 0 aliphatic rings. The van der Waals surface area contributed by atoms with Gasteiger partial charge in [0.15, 0.2) is 6.61 Å². The van der Waals surface area contributed by atoms with Gasteiger partial charge < -0.3 is 15.8 Å². The number of hydrogen-bond acceptors (Lipinski definition) is 3. The molecule has 0 bridgehead atoms. The predicted octanol–water partition coefficient (Wildman–Crippen LogP) is 3.08. The van der Waals surface area contributed by atoms with Gasteiger partial charge in [0.1, 0.15) is 11.6 Å². The van der Waals surface area contributed by atoms with Crippen molar-refractivity contribution in [1.29, 1.82) is 0 Å². The smallest absolute Gasteiger partial charge is 0.262 e. The number of para-hydroxylation sites is 1. The molecule has 2 rings (SSSR count). The summed E-state index contributed by atoms with van der Waals surface area (Å²) in [5.41, 5.74) is 6.07. The third-order valence-electron chi connectivity index (χ3n) is 2.48. The van der Waals surface area contributed by atoms with Crippen LogP contribution < -0.4 is 15.8 Å². The highest BCUT2D eigenvalue weighted by Crippen LogP contribution is 2.24. The lowest BCUT2D eigenvalue weighted by Crippen LogP contribution is -2.21. The first-order chi connectivity index (χ1) is 9.56. The lowest BCUT2D eigenvalue weighted by Gasteiger charge is -2.09. The Morgan fingerprint density at radius 3 is 2.60 bits per heavy atom. The van der Waals surface area contributed by atoms with Crippen LogP contribution in [0.15, 0.2) is 42.5 Å². The van der Waals surface area contributed by atoms with Crippen molar-refractivity contribution in [3.63, 3.8) is 0 Å². The normalized spacial score (nSPS) is 10.1. The largest absolute Gasteiger partial charge is 0.484 e. The fourth-order valence-electron chi connectivity index (χ4n) is 1.51. The molecule has 2 aromatic carbocycles. The third-order valence-corrected chi connectivity index (χ3v) is 2.79. The van der Waals surface area contributed by atoms with Crippen molar-refractivity contribution < 1.29 is 13.9 Å². The summed E-state index contributed by atoms with van der Waals surface area (Å²) >= 11 is 5.80. The van der Waals surface area contributed by atoms with E-state index in [1.807, 2.05) is 0 Å². The van der Waals surface area contributed by atoms with Gasteiger partial charge in [-0.3, -0.25) is 4.79 Å². The monoisotopic (exact) mass is 294 g/mol. The summed E-state index contributed by atoms with van der Waals surface area (Å²) in [6, 6.07) is 10.7. The van der Waals surface area contributed by atoms with E-state index in [9.17, 15) is 9.18 Å². The van der Waals surface area contributed by atoms with Crippen molar-refractivity contribution in [2.45, 2.75) is 0 Å². The van der Waals surface area contributed by atoms with Crippen LogP contribution in [0, 0.1) is 5.82 Å². The number of amides is 1. The molecular weight excluding hydrogens is 283 g/mol. The second-order valence-electron chi connectivity index (χ2n) is 4.00. The van der Waals surface area contributed by atoms with Gasteiger partial charge in [-0.2, -0.15) is 0 Å². The van der Waals surface area contributed by atoms with Crippen LogP contribution in [0.25, 0.3) is 0 Å². The minimum absolute atomic E-state index is 0.0555. The molecule has 1 amide bonds. The fraction of sp³-hybridized carbons (Fsp3) is 0.0714. The van der Waals surface area contributed by atoms with Gasteiger partial charge in [-0.15, -0.1) is 0 Å². The molecule has 0 saturated heterocycles. The van der Waals surface area contributed by atoms with Crippen molar-refractivity contribution in [3.8, 4) is 5.75 Å². The van der Waals surface area contributed by atoms with E-state index in [0.29, 0.717) is 11.4 Å².